The highest BCUT2D eigenvalue weighted by Gasteiger charge is 2.35. The Kier molecular flexibility index (Phi) is 5.59. The number of rotatable bonds is 6. The number of ether oxygens (including phenoxy) is 3. The molecule has 2 rings (SSSR count). The maximum atomic E-state index is 12.1. The van der Waals surface area contributed by atoms with Crippen LogP contribution in [-0.4, -0.2) is 50.5 Å². The number of hydrogen-bond donors (Lipinski definition) is 0. The van der Waals surface area contributed by atoms with E-state index in [1.165, 1.54) is 0 Å². The van der Waals surface area contributed by atoms with Crippen molar-refractivity contribution in [1.82, 2.24) is 4.90 Å². The molecule has 1 aromatic rings. The fourth-order valence-electron chi connectivity index (χ4n) is 2.52. The summed E-state index contributed by atoms with van der Waals surface area (Å²) < 4.78 is 16.4. The van der Waals surface area contributed by atoms with Crippen LogP contribution in [0.5, 0.6) is 5.75 Å². The lowest BCUT2D eigenvalue weighted by molar-refractivity contribution is -0.228. The third-order valence-electron chi connectivity index (χ3n) is 3.95. The van der Waals surface area contributed by atoms with Gasteiger partial charge in [-0.05, 0) is 12.1 Å². The summed E-state index contributed by atoms with van der Waals surface area (Å²) in [6.07, 6.45) is 1.79. The van der Waals surface area contributed by atoms with Gasteiger partial charge in [0.15, 0.2) is 5.79 Å². The lowest BCUT2D eigenvalue weighted by Crippen LogP contribution is -2.48. The summed E-state index contributed by atoms with van der Waals surface area (Å²) in [5, 5.41) is 0. The molecule has 0 N–H and O–H groups in total. The molecular weight excluding hydrogens is 270 g/mol. The summed E-state index contributed by atoms with van der Waals surface area (Å²) in [6.45, 7) is 1.72. The zero-order chi connectivity index (χ0) is 15.1. The van der Waals surface area contributed by atoms with Gasteiger partial charge < -0.3 is 19.1 Å². The molecule has 0 saturated carbocycles. The van der Waals surface area contributed by atoms with E-state index in [0.717, 1.165) is 5.75 Å². The van der Waals surface area contributed by atoms with Gasteiger partial charge in [-0.15, -0.1) is 0 Å². The molecule has 116 valence electrons. The van der Waals surface area contributed by atoms with Gasteiger partial charge in [-0.3, -0.25) is 4.79 Å². The predicted octanol–water partition coefficient (Wildman–Crippen LogP) is 2.07. The molecule has 1 aliphatic heterocycles. The Morgan fingerprint density at radius 3 is 2.33 bits per heavy atom. The van der Waals surface area contributed by atoms with Gasteiger partial charge in [-0.2, -0.15) is 0 Å². The number of amides is 1. The molecule has 0 aromatic heterocycles. The highest BCUT2D eigenvalue weighted by atomic mass is 16.7. The van der Waals surface area contributed by atoms with E-state index in [4.69, 9.17) is 14.2 Å². The van der Waals surface area contributed by atoms with Gasteiger partial charge in [0.25, 0.3) is 0 Å². The Labute approximate surface area is 125 Å². The fraction of sp³-hybridized carbons (Fsp3) is 0.562. The van der Waals surface area contributed by atoms with Crippen LogP contribution in [-0.2, 0) is 14.3 Å². The highest BCUT2D eigenvalue weighted by Crippen LogP contribution is 2.26. The molecule has 5 nitrogen and oxygen atoms in total. The molecular formula is C16H23NO4. The standard InChI is InChI=1S/C16H23NO4/c1-19-16(20-2)9-11-17(12-10-16)15(18)8-13-21-14-6-4-3-5-7-14/h3-7H,8-13H2,1-2H3. The molecule has 0 atom stereocenters. The number of hydrogen-bond acceptors (Lipinski definition) is 4. The van der Waals surface area contributed by atoms with Crippen molar-refractivity contribution < 1.29 is 19.0 Å². The number of carbonyl (C=O) groups excluding carboxylic acids is 1. The van der Waals surface area contributed by atoms with Crippen molar-refractivity contribution in [3.63, 3.8) is 0 Å². The van der Waals surface area contributed by atoms with Crippen molar-refractivity contribution in [2.75, 3.05) is 33.9 Å². The van der Waals surface area contributed by atoms with Crippen LogP contribution in [0.4, 0.5) is 0 Å². The van der Waals surface area contributed by atoms with Crippen molar-refractivity contribution >= 4 is 5.91 Å². The quantitative estimate of drug-likeness (QED) is 0.753. The summed E-state index contributed by atoms with van der Waals surface area (Å²) >= 11 is 0. The maximum absolute atomic E-state index is 12.1. The van der Waals surface area contributed by atoms with Crippen LogP contribution in [0, 0.1) is 0 Å². The molecule has 1 aromatic carbocycles. The van der Waals surface area contributed by atoms with E-state index in [1.54, 1.807) is 14.2 Å². The first kappa shape index (κ1) is 15.8. The van der Waals surface area contributed by atoms with Crippen molar-refractivity contribution in [2.24, 2.45) is 0 Å². The SMILES string of the molecule is COC1(OC)CCN(C(=O)CCOc2ccccc2)CC1. The molecule has 0 aliphatic carbocycles. The van der Waals surface area contributed by atoms with E-state index < -0.39 is 5.79 Å². The number of benzene rings is 1. The number of nitrogens with zero attached hydrogens (tertiary/aromatic N) is 1. The Hall–Kier alpha value is -1.59. The topological polar surface area (TPSA) is 48.0 Å². The Morgan fingerprint density at radius 2 is 1.76 bits per heavy atom. The van der Waals surface area contributed by atoms with Crippen molar-refractivity contribution in [3.8, 4) is 5.75 Å². The van der Waals surface area contributed by atoms with Crippen LogP contribution in [0.2, 0.25) is 0 Å². The Morgan fingerprint density at radius 1 is 1.14 bits per heavy atom. The lowest BCUT2D eigenvalue weighted by atomic mass is 10.0. The van der Waals surface area contributed by atoms with Crippen molar-refractivity contribution in [2.45, 2.75) is 25.0 Å². The molecule has 0 unspecified atom stereocenters. The minimum atomic E-state index is -0.530. The monoisotopic (exact) mass is 293 g/mol. The smallest absolute Gasteiger partial charge is 0.226 e. The number of likely N-dealkylation sites (tertiary alicyclic amines) is 1. The summed E-state index contributed by atoms with van der Waals surface area (Å²) in [5.41, 5.74) is 0. The second-order valence-corrected chi connectivity index (χ2v) is 5.11. The summed E-state index contributed by atoms with van der Waals surface area (Å²) in [5.74, 6) is 0.380. The second kappa shape index (κ2) is 7.43. The maximum Gasteiger partial charge on any atom is 0.226 e. The van der Waals surface area contributed by atoms with E-state index in [-0.39, 0.29) is 5.91 Å². The van der Waals surface area contributed by atoms with Gasteiger partial charge in [0.2, 0.25) is 5.91 Å². The van der Waals surface area contributed by atoms with E-state index in [0.29, 0.717) is 39.0 Å². The minimum Gasteiger partial charge on any atom is -0.493 e. The first-order valence-corrected chi connectivity index (χ1v) is 7.25. The van der Waals surface area contributed by atoms with Crippen molar-refractivity contribution in [3.05, 3.63) is 30.3 Å². The Balaban J connectivity index is 1.73. The number of para-hydroxylation sites is 1. The normalized spacial score (nSPS) is 17.5. The molecule has 0 radical (unpaired) electrons. The summed E-state index contributed by atoms with van der Waals surface area (Å²) in [7, 11) is 3.30. The fourth-order valence-corrected chi connectivity index (χ4v) is 2.52. The van der Waals surface area contributed by atoms with Gasteiger partial charge >= 0.3 is 0 Å². The minimum absolute atomic E-state index is 0.117. The van der Waals surface area contributed by atoms with Gasteiger partial charge in [0, 0.05) is 40.2 Å². The van der Waals surface area contributed by atoms with Crippen LogP contribution < -0.4 is 4.74 Å². The molecule has 0 bridgehead atoms. The van der Waals surface area contributed by atoms with Crippen LogP contribution >= 0.6 is 0 Å². The largest absolute Gasteiger partial charge is 0.493 e. The zero-order valence-corrected chi connectivity index (χ0v) is 12.7. The molecule has 1 saturated heterocycles. The lowest BCUT2D eigenvalue weighted by Gasteiger charge is -2.39. The number of carbonyl (C=O) groups is 1. The van der Waals surface area contributed by atoms with Gasteiger partial charge in [0.1, 0.15) is 5.75 Å². The first-order valence-electron chi connectivity index (χ1n) is 7.25. The molecule has 1 fully saturated rings. The van der Waals surface area contributed by atoms with E-state index in [1.807, 2.05) is 35.2 Å². The molecule has 5 heteroatoms. The second-order valence-electron chi connectivity index (χ2n) is 5.11. The van der Waals surface area contributed by atoms with Crippen LogP contribution in [0.15, 0.2) is 30.3 Å². The van der Waals surface area contributed by atoms with E-state index in [2.05, 4.69) is 0 Å². The van der Waals surface area contributed by atoms with Crippen LogP contribution in [0.1, 0.15) is 19.3 Å². The number of methoxy groups -OCH3 is 2. The van der Waals surface area contributed by atoms with Gasteiger partial charge in [-0.1, -0.05) is 18.2 Å². The Bertz CT molecular complexity index is 435. The summed E-state index contributed by atoms with van der Waals surface area (Å²) in [6, 6.07) is 9.53. The zero-order valence-electron chi connectivity index (χ0n) is 12.7. The summed E-state index contributed by atoms with van der Waals surface area (Å²) in [4.78, 5) is 14.0. The highest BCUT2D eigenvalue weighted by molar-refractivity contribution is 5.76. The molecule has 0 spiro atoms. The van der Waals surface area contributed by atoms with Gasteiger partial charge in [0.05, 0.1) is 13.0 Å². The third-order valence-corrected chi connectivity index (χ3v) is 3.95. The van der Waals surface area contributed by atoms with E-state index in [9.17, 15) is 4.79 Å². The first-order chi connectivity index (χ1) is 10.2. The van der Waals surface area contributed by atoms with Crippen molar-refractivity contribution in [1.29, 1.82) is 0 Å². The number of piperidine rings is 1. The molecule has 1 amide bonds. The predicted molar refractivity (Wildman–Crippen MR) is 79.1 cm³/mol. The van der Waals surface area contributed by atoms with Crippen LogP contribution in [0.25, 0.3) is 0 Å². The average molecular weight is 293 g/mol. The molecule has 1 heterocycles. The van der Waals surface area contributed by atoms with Gasteiger partial charge in [-0.25, -0.2) is 0 Å². The third kappa shape index (κ3) is 4.19. The molecule has 1 aliphatic rings. The molecule has 21 heavy (non-hydrogen) atoms. The average Bonchev–Trinajstić information content (AvgIpc) is 2.56. The van der Waals surface area contributed by atoms with E-state index >= 15 is 0 Å². The van der Waals surface area contributed by atoms with Crippen LogP contribution in [0.3, 0.4) is 0 Å².